The van der Waals surface area contributed by atoms with Crippen LogP contribution in [0.1, 0.15) is 19.3 Å². The van der Waals surface area contributed by atoms with Gasteiger partial charge in [0.1, 0.15) is 0 Å². The summed E-state index contributed by atoms with van der Waals surface area (Å²) in [5.41, 5.74) is 0. The summed E-state index contributed by atoms with van der Waals surface area (Å²) in [6, 6.07) is 0. The van der Waals surface area contributed by atoms with E-state index in [9.17, 15) is 9.59 Å². The van der Waals surface area contributed by atoms with Crippen LogP contribution in [0.3, 0.4) is 0 Å². The van der Waals surface area contributed by atoms with Gasteiger partial charge in [0.15, 0.2) is 0 Å². The molecule has 1 saturated heterocycles. The molecular weight excluding hydrogens is 222 g/mol. The van der Waals surface area contributed by atoms with Crippen molar-refractivity contribution in [2.24, 2.45) is 0 Å². The second-order valence-corrected chi connectivity index (χ2v) is 4.06. The van der Waals surface area contributed by atoms with E-state index in [0.29, 0.717) is 13.0 Å². The molecule has 0 bridgehead atoms. The number of hydrogen-bond acceptors (Lipinski definition) is 4. The number of carbonyl (C=O) groups is 2. The minimum atomic E-state index is -0.123. The third-order valence-corrected chi connectivity index (χ3v) is 2.69. The average Bonchev–Trinajstić information content (AvgIpc) is 2.37. The third-order valence-electron chi connectivity index (χ3n) is 2.69. The molecule has 0 saturated carbocycles. The van der Waals surface area contributed by atoms with Crippen molar-refractivity contribution < 1.29 is 14.7 Å². The Balaban J connectivity index is 2.11. The topological polar surface area (TPSA) is 81.7 Å². The zero-order valence-corrected chi connectivity index (χ0v) is 10.1. The highest BCUT2D eigenvalue weighted by Gasteiger charge is 2.16. The van der Waals surface area contributed by atoms with Crippen molar-refractivity contribution >= 4 is 11.8 Å². The van der Waals surface area contributed by atoms with Gasteiger partial charge in [-0.1, -0.05) is 0 Å². The number of carbonyl (C=O) groups excluding carboxylic acids is 2. The van der Waals surface area contributed by atoms with E-state index in [1.54, 1.807) is 4.90 Å². The second kappa shape index (κ2) is 8.03. The molecule has 3 N–H and O–H groups in total. The van der Waals surface area contributed by atoms with Gasteiger partial charge in [0, 0.05) is 52.2 Å². The molecule has 0 aromatic heterocycles. The molecule has 6 nitrogen and oxygen atoms in total. The van der Waals surface area contributed by atoms with Gasteiger partial charge in [-0.3, -0.25) is 9.59 Å². The Morgan fingerprint density at radius 3 is 2.59 bits per heavy atom. The fourth-order valence-corrected chi connectivity index (χ4v) is 1.69. The first-order valence-corrected chi connectivity index (χ1v) is 6.10. The lowest BCUT2D eigenvalue weighted by Gasteiger charge is -2.27. The fourth-order valence-electron chi connectivity index (χ4n) is 1.69. The molecule has 0 aromatic rings. The van der Waals surface area contributed by atoms with Crippen LogP contribution in [-0.4, -0.2) is 61.2 Å². The van der Waals surface area contributed by atoms with Crippen LogP contribution >= 0.6 is 0 Å². The smallest absolute Gasteiger partial charge is 0.223 e. The Bertz CT molecular complexity index is 252. The molecule has 0 aromatic carbocycles. The summed E-state index contributed by atoms with van der Waals surface area (Å²) in [5, 5.41) is 14.4. The van der Waals surface area contributed by atoms with Crippen LogP contribution in [-0.2, 0) is 9.59 Å². The van der Waals surface area contributed by atoms with Gasteiger partial charge >= 0.3 is 0 Å². The van der Waals surface area contributed by atoms with Crippen molar-refractivity contribution in [1.82, 2.24) is 15.5 Å². The van der Waals surface area contributed by atoms with Gasteiger partial charge in [-0.15, -0.1) is 0 Å². The summed E-state index contributed by atoms with van der Waals surface area (Å²) in [4.78, 5) is 24.8. The number of nitrogens with one attached hydrogen (secondary N) is 2. The molecule has 98 valence electrons. The Kier molecular flexibility index (Phi) is 6.57. The van der Waals surface area contributed by atoms with E-state index in [1.165, 1.54) is 0 Å². The highest BCUT2D eigenvalue weighted by molar-refractivity contribution is 5.83. The van der Waals surface area contributed by atoms with Crippen molar-refractivity contribution in [3.05, 3.63) is 0 Å². The predicted octanol–water partition coefficient (Wildman–Crippen LogP) is -1.30. The SMILES string of the molecule is O=C(CCC(=O)N1CCNCC1)NCCCO. The minimum absolute atomic E-state index is 0.0452. The molecule has 0 spiro atoms. The van der Waals surface area contributed by atoms with Crippen LogP contribution in [0.15, 0.2) is 0 Å². The molecule has 17 heavy (non-hydrogen) atoms. The first-order valence-electron chi connectivity index (χ1n) is 6.10. The van der Waals surface area contributed by atoms with E-state index in [2.05, 4.69) is 10.6 Å². The Morgan fingerprint density at radius 1 is 1.24 bits per heavy atom. The summed E-state index contributed by atoms with van der Waals surface area (Å²) in [5.74, 6) is -0.0780. The maximum absolute atomic E-state index is 11.7. The van der Waals surface area contributed by atoms with Crippen molar-refractivity contribution in [1.29, 1.82) is 0 Å². The first kappa shape index (κ1) is 13.9. The number of rotatable bonds is 6. The lowest BCUT2D eigenvalue weighted by Crippen LogP contribution is -2.46. The van der Waals surface area contributed by atoms with Crippen LogP contribution in [0, 0.1) is 0 Å². The highest BCUT2D eigenvalue weighted by atomic mass is 16.3. The summed E-state index contributed by atoms with van der Waals surface area (Å²) in [6.45, 7) is 3.65. The Morgan fingerprint density at radius 2 is 1.94 bits per heavy atom. The van der Waals surface area contributed by atoms with Crippen molar-refractivity contribution in [2.75, 3.05) is 39.3 Å². The van der Waals surface area contributed by atoms with E-state index >= 15 is 0 Å². The second-order valence-electron chi connectivity index (χ2n) is 4.06. The van der Waals surface area contributed by atoms with Gasteiger partial charge < -0.3 is 20.6 Å². The van der Waals surface area contributed by atoms with Crippen LogP contribution < -0.4 is 10.6 Å². The maximum atomic E-state index is 11.7. The number of amides is 2. The largest absolute Gasteiger partial charge is 0.396 e. The first-order chi connectivity index (χ1) is 8.24. The van der Waals surface area contributed by atoms with Gasteiger partial charge in [0.25, 0.3) is 0 Å². The Labute approximate surface area is 101 Å². The van der Waals surface area contributed by atoms with Gasteiger partial charge in [-0.05, 0) is 6.42 Å². The molecule has 0 atom stereocenters. The van der Waals surface area contributed by atoms with E-state index in [4.69, 9.17) is 5.11 Å². The minimum Gasteiger partial charge on any atom is -0.396 e. The molecule has 0 radical (unpaired) electrons. The molecule has 0 unspecified atom stereocenters. The number of hydrogen-bond donors (Lipinski definition) is 3. The summed E-state index contributed by atoms with van der Waals surface area (Å²) in [6.07, 6.45) is 1.05. The number of aliphatic hydroxyl groups is 1. The third kappa shape index (κ3) is 5.65. The van der Waals surface area contributed by atoms with E-state index in [-0.39, 0.29) is 31.3 Å². The summed E-state index contributed by atoms with van der Waals surface area (Å²) < 4.78 is 0. The molecule has 6 heteroatoms. The average molecular weight is 243 g/mol. The van der Waals surface area contributed by atoms with Gasteiger partial charge in [0.05, 0.1) is 0 Å². The molecular formula is C11H21N3O3. The lowest BCUT2D eigenvalue weighted by molar-refractivity contribution is -0.134. The zero-order valence-electron chi connectivity index (χ0n) is 10.1. The van der Waals surface area contributed by atoms with Crippen molar-refractivity contribution in [3.8, 4) is 0 Å². The number of aliphatic hydroxyl groups excluding tert-OH is 1. The number of piperazine rings is 1. The van der Waals surface area contributed by atoms with Gasteiger partial charge in [-0.25, -0.2) is 0 Å². The van der Waals surface area contributed by atoms with Gasteiger partial charge in [0.2, 0.25) is 11.8 Å². The molecule has 1 aliphatic heterocycles. The van der Waals surface area contributed by atoms with Crippen LogP contribution in [0.4, 0.5) is 0 Å². The molecule has 2 amide bonds. The standard InChI is InChI=1S/C11H21N3O3/c15-9-1-4-13-10(16)2-3-11(17)14-7-5-12-6-8-14/h12,15H,1-9H2,(H,13,16). The van der Waals surface area contributed by atoms with Crippen LogP contribution in [0.2, 0.25) is 0 Å². The fraction of sp³-hybridized carbons (Fsp3) is 0.818. The molecule has 1 aliphatic rings. The summed E-state index contributed by atoms with van der Waals surface area (Å²) in [7, 11) is 0. The monoisotopic (exact) mass is 243 g/mol. The zero-order chi connectivity index (χ0) is 12.5. The normalized spacial score (nSPS) is 15.7. The quantitative estimate of drug-likeness (QED) is 0.506. The molecule has 1 heterocycles. The predicted molar refractivity (Wildman–Crippen MR) is 63.4 cm³/mol. The van der Waals surface area contributed by atoms with E-state index in [1.807, 2.05) is 0 Å². The Hall–Kier alpha value is -1.14. The molecule has 1 rings (SSSR count). The van der Waals surface area contributed by atoms with Gasteiger partial charge in [-0.2, -0.15) is 0 Å². The van der Waals surface area contributed by atoms with E-state index in [0.717, 1.165) is 26.2 Å². The summed E-state index contributed by atoms with van der Waals surface area (Å²) >= 11 is 0. The van der Waals surface area contributed by atoms with Crippen LogP contribution in [0.5, 0.6) is 0 Å². The van der Waals surface area contributed by atoms with Crippen molar-refractivity contribution in [3.63, 3.8) is 0 Å². The molecule has 0 aliphatic carbocycles. The van der Waals surface area contributed by atoms with E-state index < -0.39 is 0 Å². The maximum Gasteiger partial charge on any atom is 0.223 e. The lowest BCUT2D eigenvalue weighted by atomic mass is 10.2. The highest BCUT2D eigenvalue weighted by Crippen LogP contribution is 2.00. The van der Waals surface area contributed by atoms with Crippen molar-refractivity contribution in [2.45, 2.75) is 19.3 Å². The molecule has 1 fully saturated rings. The van der Waals surface area contributed by atoms with Crippen LogP contribution in [0.25, 0.3) is 0 Å². The number of nitrogens with zero attached hydrogens (tertiary/aromatic N) is 1.